The van der Waals surface area contributed by atoms with Crippen LogP contribution in [0.2, 0.25) is 0 Å². The summed E-state index contributed by atoms with van der Waals surface area (Å²) in [7, 11) is 2.26. The molecule has 124 valence electrons. The summed E-state index contributed by atoms with van der Waals surface area (Å²) in [5, 5.41) is 0. The van der Waals surface area contributed by atoms with Crippen LogP contribution in [0, 0.1) is 10.8 Å². The summed E-state index contributed by atoms with van der Waals surface area (Å²) in [6, 6.07) is 1.23. The summed E-state index contributed by atoms with van der Waals surface area (Å²) < 4.78 is 0. The van der Waals surface area contributed by atoms with E-state index in [0.717, 1.165) is 19.6 Å². The molecule has 2 aliphatic rings. The first-order chi connectivity index (χ1) is 9.50. The fourth-order valence-corrected chi connectivity index (χ4v) is 5.55. The molecule has 2 unspecified atom stereocenters. The number of hydrogen-bond donors (Lipinski definition) is 1. The Morgan fingerprint density at radius 1 is 0.905 bits per heavy atom. The first-order valence-electron chi connectivity index (χ1n) is 8.67. The Bertz CT molecular complexity index is 347. The van der Waals surface area contributed by atoms with Gasteiger partial charge in [-0.25, -0.2) is 0 Å². The molecule has 0 aromatic rings. The Hall–Kier alpha value is -0.120. The number of rotatable bonds is 2. The summed E-state index contributed by atoms with van der Waals surface area (Å²) in [5.41, 5.74) is 7.34. The summed E-state index contributed by atoms with van der Waals surface area (Å²) >= 11 is 0. The molecule has 1 saturated carbocycles. The van der Waals surface area contributed by atoms with Crippen molar-refractivity contribution in [2.24, 2.45) is 16.6 Å². The van der Waals surface area contributed by atoms with Crippen molar-refractivity contribution in [2.45, 2.75) is 78.4 Å². The molecule has 1 saturated heterocycles. The normalized spacial score (nSPS) is 36.6. The second kappa shape index (κ2) is 5.50. The van der Waals surface area contributed by atoms with Gasteiger partial charge in [-0.2, -0.15) is 0 Å². The molecular weight excluding hydrogens is 258 g/mol. The highest BCUT2D eigenvalue weighted by molar-refractivity contribution is 5.06. The average Bonchev–Trinajstić information content (AvgIpc) is 2.31. The van der Waals surface area contributed by atoms with Crippen LogP contribution in [0.5, 0.6) is 0 Å². The van der Waals surface area contributed by atoms with E-state index in [1.54, 1.807) is 0 Å². The van der Waals surface area contributed by atoms with E-state index in [9.17, 15) is 0 Å². The predicted molar refractivity (Wildman–Crippen MR) is 91.5 cm³/mol. The first-order valence-corrected chi connectivity index (χ1v) is 8.67. The van der Waals surface area contributed by atoms with Gasteiger partial charge in [-0.15, -0.1) is 0 Å². The zero-order valence-corrected chi connectivity index (χ0v) is 15.4. The molecule has 3 heteroatoms. The van der Waals surface area contributed by atoms with E-state index in [1.807, 2.05) is 0 Å². The van der Waals surface area contributed by atoms with E-state index >= 15 is 0 Å². The van der Waals surface area contributed by atoms with Gasteiger partial charge in [0.25, 0.3) is 0 Å². The third kappa shape index (κ3) is 3.46. The summed E-state index contributed by atoms with van der Waals surface area (Å²) in [6.45, 7) is 17.5. The topological polar surface area (TPSA) is 32.5 Å². The molecule has 1 heterocycles. The van der Waals surface area contributed by atoms with Crippen LogP contribution >= 0.6 is 0 Å². The number of nitrogens with zero attached hydrogens (tertiary/aromatic N) is 2. The minimum absolute atomic E-state index is 0.190. The van der Waals surface area contributed by atoms with Crippen LogP contribution in [-0.4, -0.2) is 54.1 Å². The van der Waals surface area contributed by atoms with Gasteiger partial charge in [0.15, 0.2) is 0 Å². The lowest BCUT2D eigenvalue weighted by Crippen LogP contribution is -2.67. The average molecular weight is 296 g/mol. The maximum Gasteiger partial charge on any atom is 0.0343 e. The van der Waals surface area contributed by atoms with Gasteiger partial charge in [-0.3, -0.25) is 9.80 Å². The van der Waals surface area contributed by atoms with Crippen LogP contribution < -0.4 is 5.73 Å². The van der Waals surface area contributed by atoms with Gasteiger partial charge in [-0.1, -0.05) is 27.7 Å². The standard InChI is InChI=1S/C18H37N3/c1-14-8-21(9-15(2)20(14)7)18(13-19)11-16(3,4)10-17(5,6)12-18/h14-15H,8-13,19H2,1-7H3. The van der Waals surface area contributed by atoms with Gasteiger partial charge >= 0.3 is 0 Å². The zero-order valence-electron chi connectivity index (χ0n) is 15.4. The Morgan fingerprint density at radius 2 is 1.33 bits per heavy atom. The van der Waals surface area contributed by atoms with Crippen molar-refractivity contribution < 1.29 is 0 Å². The molecule has 2 fully saturated rings. The van der Waals surface area contributed by atoms with Gasteiger partial charge in [0.2, 0.25) is 0 Å². The molecule has 0 amide bonds. The molecule has 21 heavy (non-hydrogen) atoms. The van der Waals surface area contributed by atoms with E-state index in [0.29, 0.717) is 22.9 Å². The fraction of sp³-hybridized carbons (Fsp3) is 1.00. The highest BCUT2D eigenvalue weighted by Gasteiger charge is 2.50. The summed E-state index contributed by atoms with van der Waals surface area (Å²) in [4.78, 5) is 5.25. The van der Waals surface area contributed by atoms with Crippen molar-refractivity contribution in [3.05, 3.63) is 0 Å². The van der Waals surface area contributed by atoms with Gasteiger partial charge in [-0.05, 0) is 51.0 Å². The van der Waals surface area contributed by atoms with Gasteiger partial charge < -0.3 is 5.73 Å². The predicted octanol–water partition coefficient (Wildman–Crippen LogP) is 2.94. The zero-order chi connectivity index (χ0) is 16.1. The lowest BCUT2D eigenvalue weighted by atomic mass is 9.57. The van der Waals surface area contributed by atoms with Crippen LogP contribution in [0.25, 0.3) is 0 Å². The Morgan fingerprint density at radius 3 is 1.71 bits per heavy atom. The van der Waals surface area contributed by atoms with Gasteiger partial charge in [0.1, 0.15) is 0 Å². The number of piperazine rings is 1. The molecule has 2 N–H and O–H groups in total. The van der Waals surface area contributed by atoms with Crippen LogP contribution in [0.4, 0.5) is 0 Å². The van der Waals surface area contributed by atoms with Crippen molar-refractivity contribution in [3.63, 3.8) is 0 Å². The van der Waals surface area contributed by atoms with Gasteiger partial charge in [0.05, 0.1) is 0 Å². The Labute approximate surface area is 132 Å². The molecule has 0 aromatic carbocycles. The SMILES string of the molecule is CC1CN(C2(CN)CC(C)(C)CC(C)(C)C2)CC(C)N1C. The minimum Gasteiger partial charge on any atom is -0.329 e. The Kier molecular flexibility index (Phi) is 4.52. The van der Waals surface area contributed by atoms with Crippen LogP contribution in [0.15, 0.2) is 0 Å². The lowest BCUT2D eigenvalue weighted by Gasteiger charge is -2.59. The molecular formula is C18H37N3. The molecule has 0 aromatic heterocycles. The maximum atomic E-state index is 6.38. The lowest BCUT2D eigenvalue weighted by molar-refractivity contribution is -0.0800. The van der Waals surface area contributed by atoms with E-state index in [1.165, 1.54) is 19.3 Å². The second-order valence-electron chi connectivity index (χ2n) is 9.56. The maximum absolute atomic E-state index is 6.38. The van der Waals surface area contributed by atoms with E-state index in [-0.39, 0.29) is 5.54 Å². The van der Waals surface area contributed by atoms with Crippen molar-refractivity contribution in [3.8, 4) is 0 Å². The highest BCUT2D eigenvalue weighted by Crippen LogP contribution is 2.52. The smallest absolute Gasteiger partial charge is 0.0343 e. The largest absolute Gasteiger partial charge is 0.329 e. The number of likely N-dealkylation sites (N-methyl/N-ethyl adjacent to an activating group) is 1. The van der Waals surface area contributed by atoms with Gasteiger partial charge in [0, 0.05) is 37.3 Å². The number of hydrogen-bond acceptors (Lipinski definition) is 3. The molecule has 1 aliphatic heterocycles. The quantitative estimate of drug-likeness (QED) is 0.850. The summed E-state index contributed by atoms with van der Waals surface area (Å²) in [5.74, 6) is 0. The fourth-order valence-electron chi connectivity index (χ4n) is 5.55. The first kappa shape index (κ1) is 17.2. The van der Waals surface area contributed by atoms with Crippen molar-refractivity contribution in [2.75, 3.05) is 26.7 Å². The van der Waals surface area contributed by atoms with Crippen molar-refractivity contribution in [1.29, 1.82) is 0 Å². The molecule has 1 aliphatic carbocycles. The van der Waals surface area contributed by atoms with E-state index in [2.05, 4.69) is 58.4 Å². The van der Waals surface area contributed by atoms with Crippen LogP contribution in [0.1, 0.15) is 60.8 Å². The second-order valence-corrected chi connectivity index (χ2v) is 9.56. The Balaban J connectivity index is 2.28. The van der Waals surface area contributed by atoms with Crippen molar-refractivity contribution >= 4 is 0 Å². The van der Waals surface area contributed by atoms with Crippen LogP contribution in [0.3, 0.4) is 0 Å². The summed E-state index contributed by atoms with van der Waals surface area (Å²) in [6.07, 6.45) is 3.78. The van der Waals surface area contributed by atoms with E-state index in [4.69, 9.17) is 5.73 Å². The molecule has 2 rings (SSSR count). The molecule has 0 radical (unpaired) electrons. The minimum atomic E-state index is 0.190. The van der Waals surface area contributed by atoms with Crippen LogP contribution in [-0.2, 0) is 0 Å². The molecule has 0 spiro atoms. The molecule has 0 bridgehead atoms. The molecule has 2 atom stereocenters. The number of nitrogens with two attached hydrogens (primary N) is 1. The third-order valence-corrected chi connectivity index (χ3v) is 5.98. The van der Waals surface area contributed by atoms with Crippen molar-refractivity contribution in [1.82, 2.24) is 9.80 Å². The molecule has 3 nitrogen and oxygen atoms in total. The highest BCUT2D eigenvalue weighted by atomic mass is 15.3. The van der Waals surface area contributed by atoms with E-state index < -0.39 is 0 Å². The third-order valence-electron chi connectivity index (χ3n) is 5.98. The monoisotopic (exact) mass is 295 g/mol.